The Kier molecular flexibility index (Phi) is 6.19. The molecular formula is C26H33N7O2. The normalized spacial score (nSPS) is 17.8. The number of nitrogens with one attached hydrogen (secondary N) is 1. The SMILES string of the molecule is COc1cccc(-c2cn(C)nc2CN2CCNC3(CCN(c4nc(C)cc(C)n4)CC3)C2=O)c1. The summed E-state index contributed by atoms with van der Waals surface area (Å²) in [6.07, 6.45) is 3.46. The summed E-state index contributed by atoms with van der Waals surface area (Å²) in [7, 11) is 3.58. The number of hydrogen-bond acceptors (Lipinski definition) is 7. The highest BCUT2D eigenvalue weighted by molar-refractivity contribution is 5.87. The van der Waals surface area contributed by atoms with E-state index in [2.05, 4.69) is 26.3 Å². The molecule has 2 aliphatic heterocycles. The predicted molar refractivity (Wildman–Crippen MR) is 134 cm³/mol. The van der Waals surface area contributed by atoms with Crippen LogP contribution in [0.1, 0.15) is 29.9 Å². The largest absolute Gasteiger partial charge is 0.497 e. The maximum absolute atomic E-state index is 13.8. The summed E-state index contributed by atoms with van der Waals surface area (Å²) >= 11 is 0. The predicted octanol–water partition coefficient (Wildman–Crippen LogP) is 2.47. The highest BCUT2D eigenvalue weighted by atomic mass is 16.5. The lowest BCUT2D eigenvalue weighted by atomic mass is 9.84. The fourth-order valence-electron chi connectivity index (χ4n) is 5.25. The van der Waals surface area contributed by atoms with Crippen LogP contribution in [-0.2, 0) is 18.4 Å². The zero-order chi connectivity index (χ0) is 24.6. The van der Waals surface area contributed by atoms with Crippen LogP contribution in [0, 0.1) is 13.8 Å². The second-order valence-electron chi connectivity index (χ2n) is 9.57. The van der Waals surface area contributed by atoms with Crippen LogP contribution >= 0.6 is 0 Å². The summed E-state index contributed by atoms with van der Waals surface area (Å²) in [4.78, 5) is 27.2. The minimum Gasteiger partial charge on any atom is -0.497 e. The van der Waals surface area contributed by atoms with Crippen molar-refractivity contribution in [3.8, 4) is 16.9 Å². The van der Waals surface area contributed by atoms with Crippen LogP contribution in [0.15, 0.2) is 36.5 Å². The van der Waals surface area contributed by atoms with E-state index in [4.69, 9.17) is 9.84 Å². The highest BCUT2D eigenvalue weighted by Gasteiger charge is 2.46. The highest BCUT2D eigenvalue weighted by Crippen LogP contribution is 2.31. The van der Waals surface area contributed by atoms with Crippen LogP contribution in [-0.4, -0.2) is 69.4 Å². The second kappa shape index (κ2) is 9.30. The third-order valence-electron chi connectivity index (χ3n) is 7.04. The Bertz CT molecular complexity index is 1210. The van der Waals surface area contributed by atoms with Crippen molar-refractivity contribution in [1.82, 2.24) is 30.0 Å². The van der Waals surface area contributed by atoms with Crippen molar-refractivity contribution < 1.29 is 9.53 Å². The molecule has 1 aromatic carbocycles. The molecule has 0 atom stereocenters. The van der Waals surface area contributed by atoms with Gasteiger partial charge in [0.1, 0.15) is 11.3 Å². The number of rotatable bonds is 5. The first kappa shape index (κ1) is 23.3. The molecule has 1 N–H and O–H groups in total. The quantitative estimate of drug-likeness (QED) is 0.607. The minimum atomic E-state index is -0.543. The van der Waals surface area contributed by atoms with Crippen LogP contribution in [0.4, 0.5) is 5.95 Å². The third kappa shape index (κ3) is 4.60. The van der Waals surface area contributed by atoms with E-state index in [1.165, 1.54) is 0 Å². The van der Waals surface area contributed by atoms with Gasteiger partial charge in [0.15, 0.2) is 0 Å². The topological polar surface area (TPSA) is 88.4 Å². The molecule has 0 unspecified atom stereocenters. The van der Waals surface area contributed by atoms with E-state index in [-0.39, 0.29) is 5.91 Å². The van der Waals surface area contributed by atoms with Gasteiger partial charge in [-0.3, -0.25) is 9.48 Å². The maximum atomic E-state index is 13.8. The van der Waals surface area contributed by atoms with Gasteiger partial charge in [-0.15, -0.1) is 0 Å². The molecule has 184 valence electrons. The Morgan fingerprint density at radius 2 is 1.83 bits per heavy atom. The van der Waals surface area contributed by atoms with Crippen LogP contribution < -0.4 is 15.0 Å². The van der Waals surface area contributed by atoms with Crippen molar-refractivity contribution in [3.63, 3.8) is 0 Å². The number of amides is 1. The number of carbonyl (C=O) groups excluding carboxylic acids is 1. The molecule has 2 aliphatic rings. The Hall–Kier alpha value is -3.46. The fraction of sp³-hybridized carbons (Fsp3) is 0.462. The lowest BCUT2D eigenvalue weighted by Crippen LogP contribution is -2.67. The van der Waals surface area contributed by atoms with E-state index in [9.17, 15) is 4.79 Å². The first-order chi connectivity index (χ1) is 16.9. The molecule has 2 aromatic heterocycles. The molecule has 1 amide bonds. The summed E-state index contributed by atoms with van der Waals surface area (Å²) < 4.78 is 7.22. The lowest BCUT2D eigenvalue weighted by Gasteiger charge is -2.47. The molecule has 4 heterocycles. The number of carbonyl (C=O) groups is 1. The number of nitrogens with zero attached hydrogens (tertiary/aromatic N) is 6. The van der Waals surface area contributed by atoms with Gasteiger partial charge in [-0.25, -0.2) is 9.97 Å². The minimum absolute atomic E-state index is 0.159. The zero-order valence-corrected chi connectivity index (χ0v) is 20.9. The maximum Gasteiger partial charge on any atom is 0.243 e. The van der Waals surface area contributed by atoms with Crippen molar-refractivity contribution in [2.45, 2.75) is 38.8 Å². The van der Waals surface area contributed by atoms with Gasteiger partial charge in [-0.2, -0.15) is 5.10 Å². The van der Waals surface area contributed by atoms with Gasteiger partial charge < -0.3 is 19.9 Å². The number of aromatic nitrogens is 4. The van der Waals surface area contributed by atoms with Crippen LogP contribution in [0.3, 0.4) is 0 Å². The van der Waals surface area contributed by atoms with Crippen LogP contribution in [0.25, 0.3) is 11.1 Å². The number of ether oxygens (including phenoxy) is 1. The Morgan fingerprint density at radius 1 is 1.09 bits per heavy atom. The van der Waals surface area contributed by atoms with Crippen molar-refractivity contribution in [2.75, 3.05) is 38.2 Å². The number of aryl methyl sites for hydroxylation is 3. The van der Waals surface area contributed by atoms with Crippen LogP contribution in [0.2, 0.25) is 0 Å². The van der Waals surface area contributed by atoms with Crippen molar-refractivity contribution in [3.05, 3.63) is 53.6 Å². The van der Waals surface area contributed by atoms with Gasteiger partial charge in [0.25, 0.3) is 0 Å². The van der Waals surface area contributed by atoms with Gasteiger partial charge in [0, 0.05) is 56.4 Å². The number of piperidine rings is 1. The summed E-state index contributed by atoms with van der Waals surface area (Å²) in [6, 6.07) is 9.94. The molecule has 35 heavy (non-hydrogen) atoms. The molecule has 3 aromatic rings. The number of anilines is 1. The van der Waals surface area contributed by atoms with E-state index in [1.54, 1.807) is 7.11 Å². The van der Waals surface area contributed by atoms with E-state index >= 15 is 0 Å². The average molecular weight is 476 g/mol. The molecule has 9 heteroatoms. The molecular weight excluding hydrogens is 442 g/mol. The molecule has 5 rings (SSSR count). The van der Waals surface area contributed by atoms with Gasteiger partial charge >= 0.3 is 0 Å². The summed E-state index contributed by atoms with van der Waals surface area (Å²) in [5, 5.41) is 8.27. The van der Waals surface area contributed by atoms with E-state index in [1.807, 2.05) is 60.9 Å². The van der Waals surface area contributed by atoms with Crippen molar-refractivity contribution in [2.24, 2.45) is 7.05 Å². The molecule has 1 spiro atoms. The zero-order valence-electron chi connectivity index (χ0n) is 20.9. The number of benzene rings is 1. The monoisotopic (exact) mass is 475 g/mol. The van der Waals surface area contributed by atoms with Gasteiger partial charge in [0.2, 0.25) is 11.9 Å². The van der Waals surface area contributed by atoms with Crippen LogP contribution in [0.5, 0.6) is 5.75 Å². The van der Waals surface area contributed by atoms with E-state index < -0.39 is 5.54 Å². The average Bonchev–Trinajstić information content (AvgIpc) is 3.22. The summed E-state index contributed by atoms with van der Waals surface area (Å²) in [6.45, 7) is 7.39. The van der Waals surface area contributed by atoms with E-state index in [0.29, 0.717) is 13.1 Å². The molecule has 0 aliphatic carbocycles. The van der Waals surface area contributed by atoms with E-state index in [0.717, 1.165) is 72.4 Å². The third-order valence-corrected chi connectivity index (χ3v) is 7.04. The number of piperazine rings is 1. The van der Waals surface area contributed by atoms with Crippen molar-refractivity contribution >= 4 is 11.9 Å². The first-order valence-electron chi connectivity index (χ1n) is 12.2. The molecule has 0 saturated carbocycles. The lowest BCUT2D eigenvalue weighted by molar-refractivity contribution is -0.143. The Labute approximate surface area is 206 Å². The Balaban J connectivity index is 1.32. The van der Waals surface area contributed by atoms with Gasteiger partial charge in [-0.05, 0) is 50.5 Å². The molecule has 0 radical (unpaired) electrons. The number of methoxy groups -OCH3 is 1. The molecule has 9 nitrogen and oxygen atoms in total. The smallest absolute Gasteiger partial charge is 0.243 e. The van der Waals surface area contributed by atoms with Gasteiger partial charge in [0.05, 0.1) is 19.3 Å². The summed E-state index contributed by atoms with van der Waals surface area (Å²) in [5.41, 5.74) is 4.34. The van der Waals surface area contributed by atoms with Gasteiger partial charge in [-0.1, -0.05) is 12.1 Å². The molecule has 2 fully saturated rings. The standard InChI is InChI=1S/C26H33N7O2/c1-18-14-19(2)29-25(28-18)32-11-8-26(9-12-32)24(34)33(13-10-27-26)17-23-22(16-31(3)30-23)20-6-5-7-21(15-20)35-4/h5-7,14-16,27H,8-13,17H2,1-4H3. The molecule has 0 bridgehead atoms. The fourth-order valence-corrected chi connectivity index (χ4v) is 5.25. The number of hydrogen-bond donors (Lipinski definition) is 1. The molecule has 2 saturated heterocycles. The first-order valence-corrected chi connectivity index (χ1v) is 12.2. The second-order valence-corrected chi connectivity index (χ2v) is 9.57. The Morgan fingerprint density at radius 3 is 2.54 bits per heavy atom. The van der Waals surface area contributed by atoms with Crippen molar-refractivity contribution in [1.29, 1.82) is 0 Å². The summed E-state index contributed by atoms with van der Waals surface area (Å²) in [5.74, 6) is 1.72.